The maximum absolute atomic E-state index is 6.12. The molecule has 0 spiro atoms. The van der Waals surface area contributed by atoms with Crippen LogP contribution in [0.2, 0.25) is 5.02 Å². The van der Waals surface area contributed by atoms with E-state index in [1.165, 1.54) is 0 Å². The molecular weight excluding hydrogens is 306 g/mol. The number of benzene rings is 1. The Bertz CT molecular complexity index is 574. The van der Waals surface area contributed by atoms with Crippen LogP contribution in [-0.4, -0.2) is 16.7 Å². The van der Waals surface area contributed by atoms with Crippen molar-refractivity contribution in [1.29, 1.82) is 0 Å². The molecule has 1 unspecified atom stereocenters. The molecule has 0 aliphatic rings. The van der Waals surface area contributed by atoms with Crippen LogP contribution in [0.4, 0.5) is 0 Å². The molecule has 0 saturated carbocycles. The van der Waals surface area contributed by atoms with Gasteiger partial charge in [-0.15, -0.1) is 11.8 Å². The van der Waals surface area contributed by atoms with E-state index < -0.39 is 0 Å². The molecule has 1 aromatic heterocycles. The molecule has 1 atom stereocenters. The Balaban J connectivity index is 1.98. The molecule has 2 N–H and O–H groups in total. The first kappa shape index (κ1) is 16.3. The van der Waals surface area contributed by atoms with Gasteiger partial charge in [-0.25, -0.2) is 0 Å². The molecule has 0 radical (unpaired) electrons. The van der Waals surface area contributed by atoms with Gasteiger partial charge in [0.2, 0.25) is 5.89 Å². The summed E-state index contributed by atoms with van der Waals surface area (Å²) in [4.78, 5) is 5.47. The number of thioether (sulfide) groups is 1. The molecule has 1 aromatic carbocycles. The van der Waals surface area contributed by atoms with Gasteiger partial charge < -0.3 is 10.3 Å². The average molecular weight is 326 g/mol. The Morgan fingerprint density at radius 2 is 2.10 bits per heavy atom. The van der Waals surface area contributed by atoms with E-state index in [-0.39, 0.29) is 5.92 Å². The lowest BCUT2D eigenvalue weighted by Crippen LogP contribution is -2.15. The zero-order valence-corrected chi connectivity index (χ0v) is 13.8. The van der Waals surface area contributed by atoms with Gasteiger partial charge in [0.05, 0.1) is 16.7 Å². The highest BCUT2D eigenvalue weighted by molar-refractivity contribution is 7.98. The minimum atomic E-state index is 0.136. The number of halogens is 1. The Kier molecular flexibility index (Phi) is 6.08. The van der Waals surface area contributed by atoms with Crippen molar-refractivity contribution < 1.29 is 4.52 Å². The van der Waals surface area contributed by atoms with E-state index in [0.717, 1.165) is 16.3 Å². The predicted octanol–water partition coefficient (Wildman–Crippen LogP) is 4.10. The van der Waals surface area contributed by atoms with E-state index in [2.05, 4.69) is 24.0 Å². The van der Waals surface area contributed by atoms with Gasteiger partial charge in [-0.3, -0.25) is 0 Å². The first-order chi connectivity index (χ1) is 10.1. The molecule has 0 aliphatic heterocycles. The molecule has 0 aliphatic carbocycles. The van der Waals surface area contributed by atoms with Gasteiger partial charge in [-0.2, -0.15) is 4.98 Å². The Morgan fingerprint density at radius 3 is 2.76 bits per heavy atom. The smallest absolute Gasteiger partial charge is 0.231 e. The van der Waals surface area contributed by atoms with E-state index in [9.17, 15) is 0 Å². The van der Waals surface area contributed by atoms with Crippen LogP contribution in [0.15, 0.2) is 33.7 Å². The largest absolute Gasteiger partial charge is 0.339 e. The van der Waals surface area contributed by atoms with Crippen molar-refractivity contribution in [2.24, 2.45) is 11.7 Å². The van der Waals surface area contributed by atoms with Crippen molar-refractivity contribution in [3.63, 3.8) is 0 Å². The second-order valence-corrected chi connectivity index (χ2v) is 6.75. The molecule has 4 nitrogen and oxygen atoms in total. The number of aromatic nitrogens is 2. The number of rotatable bonds is 7. The van der Waals surface area contributed by atoms with Crippen molar-refractivity contribution in [3.05, 3.63) is 41.0 Å². The summed E-state index contributed by atoms with van der Waals surface area (Å²) in [6.07, 6.45) is 0.954. The van der Waals surface area contributed by atoms with Gasteiger partial charge in [-0.05, 0) is 24.5 Å². The third kappa shape index (κ3) is 4.73. The van der Waals surface area contributed by atoms with Gasteiger partial charge in [-0.1, -0.05) is 42.7 Å². The van der Waals surface area contributed by atoms with Gasteiger partial charge in [0.25, 0.3) is 0 Å². The lowest BCUT2D eigenvalue weighted by Gasteiger charge is -2.11. The topological polar surface area (TPSA) is 64.9 Å². The van der Waals surface area contributed by atoms with Crippen LogP contribution in [0.3, 0.4) is 0 Å². The minimum Gasteiger partial charge on any atom is -0.339 e. The summed E-state index contributed by atoms with van der Waals surface area (Å²) in [5, 5.41) is 4.77. The maximum atomic E-state index is 6.12. The maximum Gasteiger partial charge on any atom is 0.231 e. The highest BCUT2D eigenvalue weighted by Crippen LogP contribution is 2.29. The molecule has 114 valence electrons. The van der Waals surface area contributed by atoms with Gasteiger partial charge >= 0.3 is 0 Å². The molecule has 0 saturated heterocycles. The predicted molar refractivity (Wildman–Crippen MR) is 86.6 cm³/mol. The summed E-state index contributed by atoms with van der Waals surface area (Å²) in [5.74, 6) is 2.63. The molecule has 2 aromatic rings. The standard InChI is InChI=1S/C15H20ClN3OS/c1-10(2)7-11(8-17)15-18-14(19-20-15)9-21-13-6-4-3-5-12(13)16/h3-6,10-11H,7-9,17H2,1-2H3. The Morgan fingerprint density at radius 1 is 1.33 bits per heavy atom. The molecular formula is C15H20ClN3OS. The van der Waals surface area contributed by atoms with Crippen LogP contribution in [0.25, 0.3) is 0 Å². The molecule has 0 fully saturated rings. The fourth-order valence-electron chi connectivity index (χ4n) is 2.06. The second-order valence-electron chi connectivity index (χ2n) is 5.33. The van der Waals surface area contributed by atoms with Crippen LogP contribution in [0.1, 0.15) is 37.9 Å². The zero-order valence-electron chi connectivity index (χ0n) is 12.3. The normalized spacial score (nSPS) is 12.8. The van der Waals surface area contributed by atoms with E-state index >= 15 is 0 Å². The molecule has 21 heavy (non-hydrogen) atoms. The van der Waals surface area contributed by atoms with E-state index in [1.807, 2.05) is 24.3 Å². The van der Waals surface area contributed by atoms with Crippen LogP contribution in [0.5, 0.6) is 0 Å². The van der Waals surface area contributed by atoms with Crippen LogP contribution >= 0.6 is 23.4 Å². The highest BCUT2D eigenvalue weighted by Gasteiger charge is 2.19. The molecule has 1 heterocycles. The van der Waals surface area contributed by atoms with E-state index in [1.54, 1.807) is 11.8 Å². The van der Waals surface area contributed by atoms with Crippen molar-refractivity contribution in [3.8, 4) is 0 Å². The summed E-state index contributed by atoms with van der Waals surface area (Å²) < 4.78 is 5.35. The van der Waals surface area contributed by atoms with Crippen LogP contribution < -0.4 is 5.73 Å². The first-order valence-corrected chi connectivity index (χ1v) is 8.36. The first-order valence-electron chi connectivity index (χ1n) is 7.00. The van der Waals surface area contributed by atoms with Crippen LogP contribution in [0, 0.1) is 5.92 Å². The monoisotopic (exact) mass is 325 g/mol. The highest BCUT2D eigenvalue weighted by atomic mass is 35.5. The summed E-state index contributed by atoms with van der Waals surface area (Å²) in [6, 6.07) is 7.73. The molecule has 0 amide bonds. The fraction of sp³-hybridized carbons (Fsp3) is 0.467. The lowest BCUT2D eigenvalue weighted by molar-refractivity contribution is 0.332. The third-order valence-electron chi connectivity index (χ3n) is 3.07. The van der Waals surface area contributed by atoms with Crippen molar-refractivity contribution >= 4 is 23.4 Å². The van der Waals surface area contributed by atoms with E-state index in [0.29, 0.717) is 29.9 Å². The zero-order chi connectivity index (χ0) is 15.2. The summed E-state index contributed by atoms with van der Waals surface area (Å²) in [6.45, 7) is 4.85. The number of hydrogen-bond acceptors (Lipinski definition) is 5. The second kappa shape index (κ2) is 7.82. The summed E-state index contributed by atoms with van der Waals surface area (Å²) in [5.41, 5.74) is 5.80. The molecule has 0 bridgehead atoms. The summed E-state index contributed by atoms with van der Waals surface area (Å²) in [7, 11) is 0. The number of nitrogens with two attached hydrogens (primary N) is 1. The van der Waals surface area contributed by atoms with Gasteiger partial charge in [0, 0.05) is 11.4 Å². The van der Waals surface area contributed by atoms with Crippen molar-refractivity contribution in [2.75, 3.05) is 6.54 Å². The average Bonchev–Trinajstić information content (AvgIpc) is 2.92. The molecule has 6 heteroatoms. The van der Waals surface area contributed by atoms with Gasteiger partial charge in [0.1, 0.15) is 0 Å². The molecule has 2 rings (SSSR count). The fourth-order valence-corrected chi connectivity index (χ4v) is 3.14. The van der Waals surface area contributed by atoms with Crippen molar-refractivity contribution in [1.82, 2.24) is 10.1 Å². The van der Waals surface area contributed by atoms with Crippen LogP contribution in [-0.2, 0) is 5.75 Å². The lowest BCUT2D eigenvalue weighted by atomic mass is 9.97. The summed E-state index contributed by atoms with van der Waals surface area (Å²) >= 11 is 7.72. The van der Waals surface area contributed by atoms with E-state index in [4.69, 9.17) is 21.9 Å². The van der Waals surface area contributed by atoms with Crippen molar-refractivity contribution in [2.45, 2.75) is 36.8 Å². The Labute approximate surface area is 134 Å². The Hall–Kier alpha value is -1.04. The van der Waals surface area contributed by atoms with Gasteiger partial charge in [0.15, 0.2) is 5.82 Å². The minimum absolute atomic E-state index is 0.136. The number of nitrogens with zero attached hydrogens (tertiary/aromatic N) is 2. The SMILES string of the molecule is CC(C)CC(CN)c1nc(CSc2ccccc2Cl)no1. The number of hydrogen-bond donors (Lipinski definition) is 1. The quantitative estimate of drug-likeness (QED) is 0.776. The third-order valence-corrected chi connectivity index (χ3v) is 4.58.